The van der Waals surface area contributed by atoms with Crippen molar-refractivity contribution in [3.8, 4) is 0 Å². The first-order valence-corrected chi connectivity index (χ1v) is 5.57. The Morgan fingerprint density at radius 2 is 1.79 bits per heavy atom. The van der Waals surface area contributed by atoms with Gasteiger partial charge in [0.2, 0.25) is 0 Å². The summed E-state index contributed by atoms with van der Waals surface area (Å²) in [5.74, 6) is 0. The summed E-state index contributed by atoms with van der Waals surface area (Å²) in [7, 11) is 0. The number of nitrogens with zero attached hydrogens (tertiary/aromatic N) is 1. The molecule has 0 N–H and O–H groups in total. The molecule has 0 bridgehead atoms. The number of hydrogen-bond acceptors (Lipinski definition) is 0. The number of rotatable bonds is 1. The largest absolute Gasteiger partial charge is 0.235 e. The van der Waals surface area contributed by atoms with Crippen LogP contribution >= 0.6 is 11.6 Å². The monoisotopic (exact) mass is 208 g/mol. The Kier molecular flexibility index (Phi) is 3.20. The van der Waals surface area contributed by atoms with Crippen LogP contribution in [0, 0.1) is 0 Å². The lowest BCUT2D eigenvalue weighted by molar-refractivity contribution is -0.532. The maximum Gasteiger partial charge on any atom is 0.172 e. The van der Waals surface area contributed by atoms with Crippen molar-refractivity contribution < 1.29 is 4.58 Å². The fourth-order valence-corrected chi connectivity index (χ4v) is 2.01. The van der Waals surface area contributed by atoms with Crippen molar-refractivity contribution in [1.82, 2.24) is 0 Å². The number of piperidine rings is 1. The van der Waals surface area contributed by atoms with E-state index in [1.54, 1.807) is 0 Å². The van der Waals surface area contributed by atoms with Crippen molar-refractivity contribution >= 4 is 17.8 Å². The minimum atomic E-state index is 0.845. The van der Waals surface area contributed by atoms with Crippen LogP contribution in [0.25, 0.3) is 0 Å². The molecule has 1 fully saturated rings. The quantitative estimate of drug-likeness (QED) is 0.625. The van der Waals surface area contributed by atoms with Crippen LogP contribution in [0.1, 0.15) is 24.8 Å². The van der Waals surface area contributed by atoms with Gasteiger partial charge in [0, 0.05) is 12.8 Å². The summed E-state index contributed by atoms with van der Waals surface area (Å²) >= 11 is 6.09. The van der Waals surface area contributed by atoms with E-state index in [1.165, 1.54) is 32.4 Å². The van der Waals surface area contributed by atoms with Crippen molar-refractivity contribution in [3.05, 3.63) is 34.9 Å². The standard InChI is InChI=1S/C12H15ClN/c13-12-7-3-2-6-11(12)10-14-8-4-1-5-9-14/h2-3,6-7,10H,1,4-5,8-9H2/q+1. The van der Waals surface area contributed by atoms with Gasteiger partial charge in [-0.1, -0.05) is 23.7 Å². The zero-order valence-corrected chi connectivity index (χ0v) is 9.00. The zero-order valence-electron chi connectivity index (χ0n) is 8.25. The van der Waals surface area contributed by atoms with Crippen LogP contribution in [-0.2, 0) is 0 Å². The van der Waals surface area contributed by atoms with Crippen LogP contribution in [-0.4, -0.2) is 23.9 Å². The second kappa shape index (κ2) is 4.61. The maximum absolute atomic E-state index is 6.09. The van der Waals surface area contributed by atoms with E-state index in [1.807, 2.05) is 18.2 Å². The van der Waals surface area contributed by atoms with Gasteiger partial charge < -0.3 is 0 Å². The lowest BCUT2D eigenvalue weighted by Crippen LogP contribution is -2.21. The smallest absolute Gasteiger partial charge is 0.172 e. The molecule has 2 heteroatoms. The summed E-state index contributed by atoms with van der Waals surface area (Å²) in [6, 6.07) is 8.01. The van der Waals surface area contributed by atoms with E-state index in [4.69, 9.17) is 11.6 Å². The molecule has 1 aromatic rings. The summed E-state index contributed by atoms with van der Waals surface area (Å²) < 4.78 is 2.37. The third-order valence-electron chi connectivity index (χ3n) is 2.62. The number of halogens is 1. The first kappa shape index (κ1) is 9.72. The van der Waals surface area contributed by atoms with Gasteiger partial charge in [-0.3, -0.25) is 0 Å². The van der Waals surface area contributed by atoms with Crippen LogP contribution in [0.2, 0.25) is 5.02 Å². The molecule has 1 saturated heterocycles. The van der Waals surface area contributed by atoms with Gasteiger partial charge in [-0.15, -0.1) is 0 Å². The van der Waals surface area contributed by atoms with Gasteiger partial charge >= 0.3 is 0 Å². The highest BCUT2D eigenvalue weighted by Crippen LogP contribution is 2.13. The molecule has 0 amide bonds. The van der Waals surface area contributed by atoms with Crippen LogP contribution in [0.3, 0.4) is 0 Å². The molecule has 74 valence electrons. The Hall–Kier alpha value is -0.820. The Morgan fingerprint density at radius 1 is 1.07 bits per heavy atom. The van der Waals surface area contributed by atoms with E-state index < -0.39 is 0 Å². The van der Waals surface area contributed by atoms with E-state index in [0.29, 0.717) is 0 Å². The molecule has 1 aromatic carbocycles. The fraction of sp³-hybridized carbons (Fsp3) is 0.417. The highest BCUT2D eigenvalue weighted by molar-refractivity contribution is 6.32. The van der Waals surface area contributed by atoms with Crippen molar-refractivity contribution in [2.24, 2.45) is 0 Å². The molecular formula is C12H15ClN+. The van der Waals surface area contributed by atoms with Crippen LogP contribution in [0.5, 0.6) is 0 Å². The maximum atomic E-state index is 6.09. The molecule has 0 atom stereocenters. The molecule has 0 spiro atoms. The van der Waals surface area contributed by atoms with E-state index >= 15 is 0 Å². The average molecular weight is 209 g/mol. The molecule has 1 heterocycles. The lowest BCUT2D eigenvalue weighted by atomic mass is 10.1. The molecule has 1 aliphatic rings. The Balaban J connectivity index is 2.19. The van der Waals surface area contributed by atoms with E-state index in [0.717, 1.165) is 10.6 Å². The Bertz CT molecular complexity index is 336. The van der Waals surface area contributed by atoms with E-state index in [9.17, 15) is 0 Å². The van der Waals surface area contributed by atoms with Crippen LogP contribution < -0.4 is 0 Å². The molecule has 0 radical (unpaired) electrons. The molecule has 1 aliphatic heterocycles. The summed E-state index contributed by atoms with van der Waals surface area (Å²) in [6.45, 7) is 2.34. The van der Waals surface area contributed by atoms with Gasteiger partial charge in [-0.05, 0) is 18.6 Å². The van der Waals surface area contributed by atoms with Crippen molar-refractivity contribution in [3.63, 3.8) is 0 Å². The van der Waals surface area contributed by atoms with Gasteiger partial charge in [-0.2, -0.15) is 0 Å². The van der Waals surface area contributed by atoms with Crippen molar-refractivity contribution in [1.29, 1.82) is 0 Å². The molecular weight excluding hydrogens is 194 g/mol. The normalized spacial score (nSPS) is 16.8. The van der Waals surface area contributed by atoms with Gasteiger partial charge in [0.25, 0.3) is 0 Å². The average Bonchev–Trinajstić information content (AvgIpc) is 2.23. The zero-order chi connectivity index (χ0) is 9.80. The number of benzene rings is 1. The minimum absolute atomic E-state index is 0.845. The first-order valence-electron chi connectivity index (χ1n) is 5.20. The predicted octanol–water partition coefficient (Wildman–Crippen LogP) is 2.96. The molecule has 14 heavy (non-hydrogen) atoms. The second-order valence-electron chi connectivity index (χ2n) is 3.75. The first-order chi connectivity index (χ1) is 6.86. The third kappa shape index (κ3) is 2.36. The highest BCUT2D eigenvalue weighted by atomic mass is 35.5. The van der Waals surface area contributed by atoms with Crippen molar-refractivity contribution in [2.75, 3.05) is 13.1 Å². The van der Waals surface area contributed by atoms with E-state index in [2.05, 4.69) is 16.9 Å². The van der Waals surface area contributed by atoms with Gasteiger partial charge in [0.15, 0.2) is 6.21 Å². The number of hydrogen-bond donors (Lipinski definition) is 0. The van der Waals surface area contributed by atoms with Gasteiger partial charge in [-0.25, -0.2) is 4.58 Å². The Labute approximate surface area is 90.0 Å². The predicted molar refractivity (Wildman–Crippen MR) is 60.5 cm³/mol. The van der Waals surface area contributed by atoms with E-state index in [-0.39, 0.29) is 0 Å². The SMILES string of the molecule is Clc1ccccc1C=[N+]1CCCCC1. The third-order valence-corrected chi connectivity index (χ3v) is 2.96. The van der Waals surface area contributed by atoms with Crippen molar-refractivity contribution in [2.45, 2.75) is 19.3 Å². The second-order valence-corrected chi connectivity index (χ2v) is 4.15. The molecule has 0 saturated carbocycles. The Morgan fingerprint density at radius 3 is 2.50 bits per heavy atom. The summed E-state index contributed by atoms with van der Waals surface area (Å²) in [4.78, 5) is 0. The lowest BCUT2D eigenvalue weighted by Gasteiger charge is -2.09. The molecule has 0 unspecified atom stereocenters. The molecule has 0 aromatic heterocycles. The molecule has 0 aliphatic carbocycles. The fourth-order valence-electron chi connectivity index (χ4n) is 1.82. The molecule has 1 nitrogen and oxygen atoms in total. The van der Waals surface area contributed by atoms with Crippen LogP contribution in [0.4, 0.5) is 0 Å². The minimum Gasteiger partial charge on any atom is -0.235 e. The van der Waals surface area contributed by atoms with Gasteiger partial charge in [0.1, 0.15) is 13.1 Å². The summed E-state index contributed by atoms with van der Waals surface area (Å²) in [6.07, 6.45) is 6.16. The van der Waals surface area contributed by atoms with Gasteiger partial charge in [0.05, 0.1) is 10.6 Å². The highest BCUT2D eigenvalue weighted by Gasteiger charge is 2.11. The summed E-state index contributed by atoms with van der Waals surface area (Å²) in [5, 5.41) is 0.845. The molecule has 2 rings (SSSR count). The topological polar surface area (TPSA) is 3.01 Å². The summed E-state index contributed by atoms with van der Waals surface area (Å²) in [5.41, 5.74) is 1.14. The van der Waals surface area contributed by atoms with Crippen LogP contribution in [0.15, 0.2) is 24.3 Å².